The second kappa shape index (κ2) is 4.23. The fourth-order valence-corrected chi connectivity index (χ4v) is 4.62. The summed E-state index contributed by atoms with van der Waals surface area (Å²) in [7, 11) is 0. The first-order valence-electron chi connectivity index (χ1n) is 7.24. The van der Waals surface area contributed by atoms with E-state index in [1.807, 2.05) is 0 Å². The van der Waals surface area contributed by atoms with Crippen LogP contribution in [0.5, 0.6) is 0 Å². The average molecular weight is 324 g/mol. The van der Waals surface area contributed by atoms with Crippen molar-refractivity contribution in [3.63, 3.8) is 0 Å². The molecule has 0 atom stereocenters. The normalized spacial score (nSPS) is 46.6. The van der Waals surface area contributed by atoms with Gasteiger partial charge in [-0.15, -0.1) is 0 Å². The summed E-state index contributed by atoms with van der Waals surface area (Å²) in [5.74, 6) is -2.76. The van der Waals surface area contributed by atoms with Crippen molar-refractivity contribution in [1.82, 2.24) is 0 Å². The molecule has 0 aliphatic heterocycles. The maximum atomic E-state index is 14.6. The van der Waals surface area contributed by atoms with Crippen LogP contribution in [0.3, 0.4) is 0 Å². The van der Waals surface area contributed by atoms with Gasteiger partial charge in [-0.25, -0.2) is 13.6 Å². The Kier molecular flexibility index (Phi) is 3.03. The zero-order valence-electron chi connectivity index (χ0n) is 12.1. The summed E-state index contributed by atoms with van der Waals surface area (Å²) < 4.78 is 71.9. The molecule has 4 aliphatic rings. The van der Waals surface area contributed by atoms with E-state index in [1.54, 1.807) is 0 Å². The predicted molar refractivity (Wildman–Crippen MR) is 67.4 cm³/mol. The van der Waals surface area contributed by atoms with Crippen molar-refractivity contribution in [3.05, 3.63) is 12.2 Å². The van der Waals surface area contributed by atoms with Crippen molar-refractivity contribution in [2.24, 2.45) is 11.8 Å². The molecule has 0 aromatic rings. The van der Waals surface area contributed by atoms with Gasteiger partial charge in [-0.3, -0.25) is 0 Å². The highest BCUT2D eigenvalue weighted by Crippen LogP contribution is 2.65. The molecule has 0 N–H and O–H groups in total. The number of alkyl halides is 5. The molecule has 0 unspecified atom stereocenters. The molecule has 4 bridgehead atoms. The Morgan fingerprint density at radius 3 is 1.86 bits per heavy atom. The van der Waals surface area contributed by atoms with E-state index in [0.717, 1.165) is 0 Å². The fraction of sp³-hybridized carbons (Fsp3) is 0.800. The fourth-order valence-electron chi connectivity index (χ4n) is 4.62. The van der Waals surface area contributed by atoms with E-state index < -0.39 is 46.5 Å². The maximum absolute atomic E-state index is 14.6. The monoisotopic (exact) mass is 324 g/mol. The van der Waals surface area contributed by atoms with Crippen LogP contribution in [0.4, 0.5) is 22.0 Å². The van der Waals surface area contributed by atoms with Crippen LogP contribution in [0.25, 0.3) is 0 Å². The van der Waals surface area contributed by atoms with Gasteiger partial charge in [0.05, 0.1) is 0 Å². The van der Waals surface area contributed by atoms with E-state index in [-0.39, 0.29) is 32.1 Å². The Balaban J connectivity index is 1.83. The van der Waals surface area contributed by atoms with E-state index in [9.17, 15) is 26.7 Å². The number of esters is 1. The molecule has 0 aromatic carbocycles. The summed E-state index contributed by atoms with van der Waals surface area (Å²) in [5.41, 5.74) is -6.12. The molecule has 4 saturated carbocycles. The lowest BCUT2D eigenvalue weighted by molar-refractivity contribution is -0.243. The van der Waals surface area contributed by atoms with Gasteiger partial charge in [-0.1, -0.05) is 6.58 Å². The number of rotatable bonds is 2. The zero-order valence-corrected chi connectivity index (χ0v) is 12.1. The summed E-state index contributed by atoms with van der Waals surface area (Å²) in [6.45, 7) is 4.21. The van der Waals surface area contributed by atoms with Crippen molar-refractivity contribution >= 4 is 5.97 Å². The smallest absolute Gasteiger partial charge is 0.422 e. The van der Waals surface area contributed by atoms with Gasteiger partial charge in [0.2, 0.25) is 0 Å². The summed E-state index contributed by atoms with van der Waals surface area (Å²) in [4.78, 5) is 11.7. The van der Waals surface area contributed by atoms with E-state index in [0.29, 0.717) is 0 Å². The number of halogens is 5. The summed E-state index contributed by atoms with van der Waals surface area (Å²) >= 11 is 0. The standard InChI is InChI=1S/C15H17F5O2/c1-8(15(18,19)20)11(21)22-12(2)9-3-13(16)5-10(12)6-14(17,4-9)7-13/h9-10H,1,3-7H2,2H3. The van der Waals surface area contributed by atoms with Crippen LogP contribution in [0.15, 0.2) is 12.2 Å². The van der Waals surface area contributed by atoms with Crippen LogP contribution in [0, 0.1) is 11.8 Å². The molecule has 124 valence electrons. The van der Waals surface area contributed by atoms with Gasteiger partial charge in [0, 0.05) is 18.3 Å². The number of ether oxygens (including phenoxy) is 1. The minimum atomic E-state index is -4.87. The lowest BCUT2D eigenvalue weighted by Gasteiger charge is -2.62. The molecule has 0 saturated heterocycles. The van der Waals surface area contributed by atoms with Crippen LogP contribution >= 0.6 is 0 Å². The molecule has 0 radical (unpaired) electrons. The number of carbonyl (C=O) groups excluding carboxylic acids is 1. The van der Waals surface area contributed by atoms with E-state index in [1.165, 1.54) is 6.92 Å². The van der Waals surface area contributed by atoms with Gasteiger partial charge in [-0.2, -0.15) is 13.2 Å². The summed E-state index contributed by atoms with van der Waals surface area (Å²) in [5, 5.41) is 0. The molecule has 22 heavy (non-hydrogen) atoms. The Morgan fingerprint density at radius 1 is 1.09 bits per heavy atom. The zero-order chi connectivity index (χ0) is 16.6. The van der Waals surface area contributed by atoms with E-state index >= 15 is 0 Å². The number of hydrogen-bond acceptors (Lipinski definition) is 2. The number of hydrogen-bond donors (Lipinski definition) is 0. The third-order valence-electron chi connectivity index (χ3n) is 5.60. The van der Waals surface area contributed by atoms with Crippen LogP contribution in [0.1, 0.15) is 39.0 Å². The molecule has 4 rings (SSSR count). The first-order valence-corrected chi connectivity index (χ1v) is 7.24. The van der Waals surface area contributed by atoms with Crippen molar-refractivity contribution in [2.45, 2.75) is 62.1 Å². The molecule has 4 fully saturated rings. The Morgan fingerprint density at radius 2 is 1.50 bits per heavy atom. The highest BCUT2D eigenvalue weighted by molar-refractivity contribution is 5.89. The largest absolute Gasteiger partial charge is 0.455 e. The molecule has 0 heterocycles. The first-order chi connectivity index (χ1) is 9.87. The lowest BCUT2D eigenvalue weighted by atomic mass is 9.48. The summed E-state index contributed by atoms with van der Waals surface area (Å²) in [6.07, 6.45) is -4.93. The average Bonchev–Trinajstić information content (AvgIpc) is 2.31. The molecule has 2 nitrogen and oxygen atoms in total. The van der Waals surface area contributed by atoms with E-state index in [2.05, 4.69) is 6.58 Å². The van der Waals surface area contributed by atoms with Gasteiger partial charge in [0.1, 0.15) is 22.5 Å². The molecular weight excluding hydrogens is 307 g/mol. The van der Waals surface area contributed by atoms with Gasteiger partial charge in [0.15, 0.2) is 0 Å². The molecule has 0 amide bonds. The molecule has 0 spiro atoms. The van der Waals surface area contributed by atoms with Crippen molar-refractivity contribution in [3.8, 4) is 0 Å². The Labute approximate surface area is 124 Å². The van der Waals surface area contributed by atoms with Gasteiger partial charge < -0.3 is 4.74 Å². The molecule has 7 heteroatoms. The van der Waals surface area contributed by atoms with Crippen LogP contribution < -0.4 is 0 Å². The summed E-state index contributed by atoms with van der Waals surface area (Å²) in [6, 6.07) is 0. The van der Waals surface area contributed by atoms with Crippen molar-refractivity contribution in [1.29, 1.82) is 0 Å². The third-order valence-corrected chi connectivity index (χ3v) is 5.60. The van der Waals surface area contributed by atoms with Gasteiger partial charge in [-0.05, 0) is 32.6 Å². The molecular formula is C15H17F5O2. The second-order valence-corrected chi connectivity index (χ2v) is 7.24. The quantitative estimate of drug-likeness (QED) is 0.435. The molecule has 0 aromatic heterocycles. The van der Waals surface area contributed by atoms with E-state index in [4.69, 9.17) is 4.74 Å². The Bertz CT molecular complexity index is 503. The lowest BCUT2D eigenvalue weighted by Crippen LogP contribution is -2.66. The minimum Gasteiger partial charge on any atom is -0.455 e. The van der Waals surface area contributed by atoms with Crippen molar-refractivity contribution < 1.29 is 31.5 Å². The topological polar surface area (TPSA) is 26.3 Å². The van der Waals surface area contributed by atoms with Gasteiger partial charge >= 0.3 is 12.1 Å². The minimum absolute atomic E-state index is 0.0252. The third kappa shape index (κ3) is 2.24. The SMILES string of the molecule is C=C(C(=O)OC1(C)C2CC3(F)CC1CC(F)(C2)C3)C(F)(F)F. The van der Waals surface area contributed by atoms with Crippen LogP contribution in [-0.2, 0) is 9.53 Å². The maximum Gasteiger partial charge on any atom is 0.422 e. The van der Waals surface area contributed by atoms with Crippen LogP contribution in [0.2, 0.25) is 0 Å². The highest BCUT2D eigenvalue weighted by Gasteiger charge is 2.68. The second-order valence-electron chi connectivity index (χ2n) is 7.24. The van der Waals surface area contributed by atoms with Crippen LogP contribution in [-0.4, -0.2) is 29.1 Å². The Hall–Kier alpha value is -1.14. The van der Waals surface area contributed by atoms with Crippen molar-refractivity contribution in [2.75, 3.05) is 0 Å². The van der Waals surface area contributed by atoms with Gasteiger partial charge in [0.25, 0.3) is 0 Å². The molecule has 4 aliphatic carbocycles. The predicted octanol–water partition coefficient (Wildman–Crippen LogP) is 4.05. The highest BCUT2D eigenvalue weighted by atomic mass is 19.4. The number of carbonyl (C=O) groups is 1. The first kappa shape index (κ1) is 15.7.